The zero-order chi connectivity index (χ0) is 10.9. The fraction of sp³-hybridized carbons (Fsp3) is 0.667. The number of carbonyl (C=O) groups excluding carboxylic acids is 1. The molecular weight excluding hydrogens is 278 g/mol. The SMILES string of the molecule is O=C(NCCCCCCBr)c1cnns1. The highest BCUT2D eigenvalue weighted by atomic mass is 79.9. The number of carbonyl (C=O) groups is 1. The fourth-order valence-corrected chi connectivity index (χ4v) is 1.96. The minimum Gasteiger partial charge on any atom is -0.351 e. The molecule has 1 aromatic rings. The highest BCUT2D eigenvalue weighted by Crippen LogP contribution is 2.03. The Kier molecular flexibility index (Phi) is 6.50. The van der Waals surface area contributed by atoms with Crippen molar-refractivity contribution in [1.82, 2.24) is 14.9 Å². The normalized spacial score (nSPS) is 10.2. The lowest BCUT2D eigenvalue weighted by molar-refractivity contribution is 0.0957. The molecule has 0 fully saturated rings. The molecule has 15 heavy (non-hydrogen) atoms. The second-order valence-electron chi connectivity index (χ2n) is 3.14. The molecule has 1 N–H and O–H groups in total. The minimum atomic E-state index is -0.0644. The molecule has 0 unspecified atom stereocenters. The number of hydrogen-bond acceptors (Lipinski definition) is 4. The fourth-order valence-electron chi connectivity index (χ4n) is 1.13. The van der Waals surface area contributed by atoms with Crippen molar-refractivity contribution in [1.29, 1.82) is 0 Å². The Morgan fingerprint density at radius 2 is 2.20 bits per heavy atom. The molecule has 1 amide bonds. The van der Waals surface area contributed by atoms with Crippen molar-refractivity contribution in [3.63, 3.8) is 0 Å². The van der Waals surface area contributed by atoms with Gasteiger partial charge in [-0.3, -0.25) is 4.79 Å². The van der Waals surface area contributed by atoms with E-state index < -0.39 is 0 Å². The molecule has 0 spiro atoms. The third-order valence-corrected chi connectivity index (χ3v) is 3.16. The summed E-state index contributed by atoms with van der Waals surface area (Å²) in [5, 5.41) is 7.52. The molecule has 0 saturated heterocycles. The van der Waals surface area contributed by atoms with Gasteiger partial charge in [-0.25, -0.2) is 0 Å². The average Bonchev–Trinajstić information content (AvgIpc) is 2.76. The summed E-state index contributed by atoms with van der Waals surface area (Å²) in [6.45, 7) is 0.735. The van der Waals surface area contributed by atoms with Crippen molar-refractivity contribution in [2.45, 2.75) is 25.7 Å². The van der Waals surface area contributed by atoms with Crippen LogP contribution in [0.4, 0.5) is 0 Å². The van der Waals surface area contributed by atoms with Crippen LogP contribution in [-0.2, 0) is 0 Å². The van der Waals surface area contributed by atoms with E-state index in [2.05, 4.69) is 30.8 Å². The first-order valence-electron chi connectivity index (χ1n) is 4.96. The number of rotatable bonds is 7. The number of amides is 1. The van der Waals surface area contributed by atoms with Crippen molar-refractivity contribution in [2.24, 2.45) is 0 Å². The molecule has 0 saturated carbocycles. The van der Waals surface area contributed by atoms with Crippen molar-refractivity contribution >= 4 is 33.4 Å². The number of unbranched alkanes of at least 4 members (excludes halogenated alkanes) is 3. The summed E-state index contributed by atoms with van der Waals surface area (Å²) in [6, 6.07) is 0. The molecule has 0 atom stereocenters. The van der Waals surface area contributed by atoms with Crippen LogP contribution in [0.15, 0.2) is 6.20 Å². The summed E-state index contributed by atoms with van der Waals surface area (Å²) in [5.41, 5.74) is 0. The van der Waals surface area contributed by atoms with Crippen molar-refractivity contribution in [2.75, 3.05) is 11.9 Å². The highest BCUT2D eigenvalue weighted by molar-refractivity contribution is 9.09. The molecule has 1 rings (SSSR count). The first kappa shape index (κ1) is 12.6. The predicted octanol–water partition coefficient (Wildman–Crippen LogP) is 2.22. The molecule has 0 aromatic carbocycles. The van der Waals surface area contributed by atoms with Crippen LogP contribution in [0, 0.1) is 0 Å². The number of hydrogen-bond donors (Lipinski definition) is 1. The van der Waals surface area contributed by atoms with E-state index >= 15 is 0 Å². The van der Waals surface area contributed by atoms with E-state index in [-0.39, 0.29) is 5.91 Å². The van der Waals surface area contributed by atoms with Gasteiger partial charge in [-0.05, 0) is 24.4 Å². The summed E-state index contributed by atoms with van der Waals surface area (Å²) in [4.78, 5) is 12.0. The highest BCUT2D eigenvalue weighted by Gasteiger charge is 2.06. The summed E-state index contributed by atoms with van der Waals surface area (Å²) >= 11 is 4.51. The topological polar surface area (TPSA) is 54.9 Å². The molecular formula is C9H14BrN3OS. The third kappa shape index (κ3) is 5.22. The zero-order valence-corrected chi connectivity index (χ0v) is 10.8. The molecule has 6 heteroatoms. The van der Waals surface area contributed by atoms with Crippen LogP contribution in [0.2, 0.25) is 0 Å². The number of nitrogens with zero attached hydrogens (tertiary/aromatic N) is 2. The molecule has 0 aliphatic rings. The van der Waals surface area contributed by atoms with E-state index in [4.69, 9.17) is 0 Å². The van der Waals surface area contributed by atoms with Gasteiger partial charge in [0.25, 0.3) is 5.91 Å². The Morgan fingerprint density at radius 3 is 2.87 bits per heavy atom. The molecule has 0 bridgehead atoms. The minimum absolute atomic E-state index is 0.0644. The number of alkyl halides is 1. The Hall–Kier alpha value is -0.490. The molecule has 4 nitrogen and oxygen atoms in total. The van der Waals surface area contributed by atoms with Crippen molar-refractivity contribution in [3.05, 3.63) is 11.1 Å². The summed E-state index contributed by atoms with van der Waals surface area (Å²) in [5.74, 6) is -0.0644. The maximum atomic E-state index is 11.4. The second-order valence-corrected chi connectivity index (χ2v) is 4.72. The lowest BCUT2D eigenvalue weighted by atomic mass is 10.2. The Labute approximate surface area is 102 Å². The van der Waals surface area contributed by atoms with Gasteiger partial charge < -0.3 is 5.32 Å². The smallest absolute Gasteiger partial charge is 0.264 e. The van der Waals surface area contributed by atoms with Gasteiger partial charge >= 0.3 is 0 Å². The third-order valence-electron chi connectivity index (χ3n) is 1.93. The van der Waals surface area contributed by atoms with Crippen LogP contribution in [-0.4, -0.2) is 27.4 Å². The van der Waals surface area contributed by atoms with E-state index in [0.29, 0.717) is 4.88 Å². The van der Waals surface area contributed by atoms with Gasteiger partial charge in [-0.15, -0.1) is 5.10 Å². The Bertz CT molecular complexity index is 279. The first-order valence-corrected chi connectivity index (χ1v) is 6.85. The molecule has 84 valence electrons. The Balaban J connectivity index is 2.03. The van der Waals surface area contributed by atoms with E-state index in [9.17, 15) is 4.79 Å². The number of aromatic nitrogens is 2. The van der Waals surface area contributed by atoms with Crippen LogP contribution < -0.4 is 5.32 Å². The summed E-state index contributed by atoms with van der Waals surface area (Å²) in [6.07, 6.45) is 6.10. The summed E-state index contributed by atoms with van der Waals surface area (Å²) < 4.78 is 3.64. The van der Waals surface area contributed by atoms with Gasteiger partial charge in [0.1, 0.15) is 4.88 Å². The van der Waals surface area contributed by atoms with Crippen LogP contribution in [0.25, 0.3) is 0 Å². The van der Waals surface area contributed by atoms with Gasteiger partial charge in [-0.1, -0.05) is 33.3 Å². The lowest BCUT2D eigenvalue weighted by Gasteiger charge is -2.02. The monoisotopic (exact) mass is 291 g/mol. The number of nitrogens with one attached hydrogen (secondary N) is 1. The molecule has 0 aliphatic heterocycles. The van der Waals surface area contributed by atoms with E-state index in [1.54, 1.807) is 0 Å². The van der Waals surface area contributed by atoms with Gasteiger partial charge in [-0.2, -0.15) is 0 Å². The quantitative estimate of drug-likeness (QED) is 0.619. The predicted molar refractivity (Wildman–Crippen MR) is 64.5 cm³/mol. The molecule has 0 aliphatic carbocycles. The maximum absolute atomic E-state index is 11.4. The molecule has 1 heterocycles. The standard InChI is InChI=1S/C9H14BrN3OS/c10-5-3-1-2-4-6-11-9(14)8-7-12-13-15-8/h7H,1-6H2,(H,11,14). The zero-order valence-electron chi connectivity index (χ0n) is 8.41. The Morgan fingerprint density at radius 1 is 1.40 bits per heavy atom. The van der Waals surface area contributed by atoms with E-state index in [1.807, 2.05) is 0 Å². The van der Waals surface area contributed by atoms with Crippen molar-refractivity contribution in [3.8, 4) is 0 Å². The first-order chi connectivity index (χ1) is 7.34. The maximum Gasteiger partial charge on any atom is 0.264 e. The number of halogens is 1. The van der Waals surface area contributed by atoms with Crippen LogP contribution >= 0.6 is 27.5 Å². The second kappa shape index (κ2) is 7.76. The molecule has 0 radical (unpaired) electrons. The van der Waals surface area contributed by atoms with Crippen LogP contribution in [0.1, 0.15) is 35.4 Å². The van der Waals surface area contributed by atoms with Gasteiger partial charge in [0.05, 0.1) is 6.20 Å². The van der Waals surface area contributed by atoms with Crippen molar-refractivity contribution < 1.29 is 4.79 Å². The average molecular weight is 292 g/mol. The van der Waals surface area contributed by atoms with E-state index in [0.717, 1.165) is 36.2 Å². The van der Waals surface area contributed by atoms with Crippen LogP contribution in [0.3, 0.4) is 0 Å². The van der Waals surface area contributed by atoms with Gasteiger partial charge in [0.15, 0.2) is 0 Å². The van der Waals surface area contributed by atoms with Gasteiger partial charge in [0.2, 0.25) is 0 Å². The van der Waals surface area contributed by atoms with Gasteiger partial charge in [0, 0.05) is 11.9 Å². The van der Waals surface area contributed by atoms with E-state index in [1.165, 1.54) is 19.0 Å². The summed E-state index contributed by atoms with van der Waals surface area (Å²) in [7, 11) is 0. The van der Waals surface area contributed by atoms with Crippen LogP contribution in [0.5, 0.6) is 0 Å². The molecule has 1 aromatic heterocycles. The lowest BCUT2D eigenvalue weighted by Crippen LogP contribution is -2.23. The largest absolute Gasteiger partial charge is 0.351 e.